The molecule has 1 aliphatic heterocycles. The van der Waals surface area contributed by atoms with Gasteiger partial charge in [-0.3, -0.25) is 4.90 Å². The van der Waals surface area contributed by atoms with E-state index in [1.54, 1.807) is 0 Å². The van der Waals surface area contributed by atoms with Crippen LogP contribution in [-0.4, -0.2) is 22.6 Å². The van der Waals surface area contributed by atoms with Crippen molar-refractivity contribution >= 4 is 34.1 Å². The predicted molar refractivity (Wildman–Crippen MR) is 107 cm³/mol. The number of fused-ring (bicyclic) bond motifs is 3. The minimum atomic E-state index is 0.557. The van der Waals surface area contributed by atoms with E-state index in [9.17, 15) is 0 Å². The van der Waals surface area contributed by atoms with Crippen LogP contribution >= 0.6 is 23.2 Å². The van der Waals surface area contributed by atoms with E-state index in [1.807, 2.05) is 18.2 Å². The molecule has 130 valence electrons. The van der Waals surface area contributed by atoms with Gasteiger partial charge in [-0.15, -0.1) is 0 Å². The Labute approximate surface area is 159 Å². The third-order valence-electron chi connectivity index (χ3n) is 5.43. The lowest BCUT2D eigenvalue weighted by molar-refractivity contribution is 0.228. The van der Waals surface area contributed by atoms with Crippen molar-refractivity contribution in [3.05, 3.63) is 69.3 Å². The molecule has 2 aromatic carbocycles. The Morgan fingerprint density at radius 3 is 2.52 bits per heavy atom. The lowest BCUT2D eigenvalue weighted by Crippen LogP contribution is -2.35. The molecule has 0 fully saturated rings. The van der Waals surface area contributed by atoms with Gasteiger partial charge in [0.05, 0.1) is 0 Å². The van der Waals surface area contributed by atoms with E-state index in [4.69, 9.17) is 23.2 Å². The normalized spacial score (nSPS) is 17.8. The topological polar surface area (TPSA) is 8.17 Å². The first-order valence-corrected chi connectivity index (χ1v) is 9.52. The summed E-state index contributed by atoms with van der Waals surface area (Å²) in [6.07, 6.45) is 2.08. The van der Waals surface area contributed by atoms with Gasteiger partial charge in [0.1, 0.15) is 0 Å². The Kier molecular flexibility index (Phi) is 4.53. The summed E-state index contributed by atoms with van der Waals surface area (Å²) < 4.78 is 2.50. The van der Waals surface area contributed by atoms with Crippen LogP contribution in [0.3, 0.4) is 0 Å². The maximum absolute atomic E-state index is 6.29. The predicted octanol–water partition coefficient (Wildman–Crippen LogP) is 5.57. The molecule has 0 amide bonds. The van der Waals surface area contributed by atoms with Crippen LogP contribution in [0.1, 0.15) is 23.7 Å². The molecule has 4 rings (SSSR count). The summed E-state index contributed by atoms with van der Waals surface area (Å²) in [6, 6.07) is 15.0. The molecule has 1 atom stereocenters. The lowest BCUT2D eigenvalue weighted by atomic mass is 10.00. The van der Waals surface area contributed by atoms with Gasteiger partial charge >= 0.3 is 0 Å². The standard InChI is InChI=1S/C21H22Cl2N2/c1-14-11-21-19(13-24(14)2)18-12-17(23)7-8-20(18)25(21)10-9-15-3-5-16(22)6-4-15/h3-8,12,14H,9-11,13H2,1-2H3. The van der Waals surface area contributed by atoms with Gasteiger partial charge in [-0.2, -0.15) is 0 Å². The van der Waals surface area contributed by atoms with Crippen molar-refractivity contribution in [2.75, 3.05) is 7.05 Å². The molecule has 0 spiro atoms. The van der Waals surface area contributed by atoms with Crippen LogP contribution in [0.5, 0.6) is 0 Å². The first kappa shape index (κ1) is 17.0. The molecule has 1 aromatic heterocycles. The van der Waals surface area contributed by atoms with Gasteiger partial charge < -0.3 is 4.57 Å². The van der Waals surface area contributed by atoms with E-state index in [0.29, 0.717) is 6.04 Å². The van der Waals surface area contributed by atoms with E-state index in [2.05, 4.69) is 47.7 Å². The second kappa shape index (κ2) is 6.68. The molecule has 25 heavy (non-hydrogen) atoms. The quantitative estimate of drug-likeness (QED) is 0.583. The highest BCUT2D eigenvalue weighted by molar-refractivity contribution is 6.31. The number of rotatable bonds is 3. The van der Waals surface area contributed by atoms with Crippen molar-refractivity contribution in [1.82, 2.24) is 9.47 Å². The molecular weight excluding hydrogens is 351 g/mol. The van der Waals surface area contributed by atoms with Crippen LogP contribution in [0.4, 0.5) is 0 Å². The average Bonchev–Trinajstić information content (AvgIpc) is 2.87. The summed E-state index contributed by atoms with van der Waals surface area (Å²) in [5.41, 5.74) is 5.52. The van der Waals surface area contributed by atoms with Crippen molar-refractivity contribution in [2.45, 2.75) is 38.9 Å². The largest absolute Gasteiger partial charge is 0.344 e. The number of aryl methyl sites for hydroxylation is 2. The number of hydrogen-bond acceptors (Lipinski definition) is 1. The van der Waals surface area contributed by atoms with Crippen LogP contribution < -0.4 is 0 Å². The fraction of sp³-hybridized carbons (Fsp3) is 0.333. The lowest BCUT2D eigenvalue weighted by Gasteiger charge is -2.31. The van der Waals surface area contributed by atoms with Crippen molar-refractivity contribution in [1.29, 1.82) is 0 Å². The first-order valence-electron chi connectivity index (χ1n) is 8.77. The molecule has 0 N–H and O–H groups in total. The second-order valence-electron chi connectivity index (χ2n) is 7.08. The molecule has 2 heterocycles. The maximum Gasteiger partial charge on any atom is 0.0487 e. The van der Waals surface area contributed by atoms with E-state index < -0.39 is 0 Å². The van der Waals surface area contributed by atoms with Gasteiger partial charge in [0.15, 0.2) is 0 Å². The Balaban J connectivity index is 1.74. The zero-order chi connectivity index (χ0) is 17.6. The molecule has 0 aliphatic carbocycles. The first-order chi connectivity index (χ1) is 12.0. The Morgan fingerprint density at radius 2 is 1.76 bits per heavy atom. The highest BCUT2D eigenvalue weighted by Gasteiger charge is 2.26. The number of hydrogen-bond donors (Lipinski definition) is 0. The van der Waals surface area contributed by atoms with Gasteiger partial charge in [0, 0.05) is 52.2 Å². The smallest absolute Gasteiger partial charge is 0.0487 e. The van der Waals surface area contributed by atoms with Crippen molar-refractivity contribution in [3.63, 3.8) is 0 Å². The zero-order valence-electron chi connectivity index (χ0n) is 14.6. The van der Waals surface area contributed by atoms with Crippen LogP contribution in [0, 0.1) is 0 Å². The van der Waals surface area contributed by atoms with E-state index in [-0.39, 0.29) is 0 Å². The average molecular weight is 373 g/mol. The van der Waals surface area contributed by atoms with E-state index >= 15 is 0 Å². The van der Waals surface area contributed by atoms with E-state index in [0.717, 1.165) is 36.0 Å². The van der Waals surface area contributed by atoms with Crippen LogP contribution in [0.25, 0.3) is 10.9 Å². The maximum atomic E-state index is 6.29. The fourth-order valence-corrected chi connectivity index (χ4v) is 4.15. The molecule has 4 heteroatoms. The number of benzene rings is 2. The van der Waals surface area contributed by atoms with Gasteiger partial charge in [-0.1, -0.05) is 35.3 Å². The summed E-state index contributed by atoms with van der Waals surface area (Å²) in [5, 5.41) is 2.91. The summed E-state index contributed by atoms with van der Waals surface area (Å²) >= 11 is 12.3. The third-order valence-corrected chi connectivity index (χ3v) is 5.92. The minimum absolute atomic E-state index is 0.557. The summed E-state index contributed by atoms with van der Waals surface area (Å²) in [6.45, 7) is 4.27. The fourth-order valence-electron chi connectivity index (χ4n) is 3.85. The molecule has 2 nitrogen and oxygen atoms in total. The minimum Gasteiger partial charge on any atom is -0.344 e. The molecule has 1 unspecified atom stereocenters. The molecule has 0 saturated heterocycles. The van der Waals surface area contributed by atoms with Crippen LogP contribution in [-0.2, 0) is 25.9 Å². The summed E-state index contributed by atoms with van der Waals surface area (Å²) in [4.78, 5) is 2.42. The summed E-state index contributed by atoms with van der Waals surface area (Å²) in [5.74, 6) is 0. The highest BCUT2D eigenvalue weighted by Crippen LogP contribution is 2.34. The molecule has 1 aliphatic rings. The number of nitrogens with zero attached hydrogens (tertiary/aromatic N) is 2. The number of aromatic nitrogens is 1. The van der Waals surface area contributed by atoms with Gasteiger partial charge in [-0.25, -0.2) is 0 Å². The monoisotopic (exact) mass is 372 g/mol. The molecule has 0 bridgehead atoms. The van der Waals surface area contributed by atoms with Gasteiger partial charge in [0.2, 0.25) is 0 Å². The van der Waals surface area contributed by atoms with Crippen LogP contribution in [0.15, 0.2) is 42.5 Å². The zero-order valence-corrected chi connectivity index (χ0v) is 16.1. The molecule has 0 radical (unpaired) electrons. The van der Waals surface area contributed by atoms with Crippen molar-refractivity contribution < 1.29 is 0 Å². The Hall–Kier alpha value is -1.48. The highest BCUT2D eigenvalue weighted by atomic mass is 35.5. The molecule has 3 aromatic rings. The number of halogens is 2. The van der Waals surface area contributed by atoms with Gasteiger partial charge in [0.25, 0.3) is 0 Å². The Bertz CT molecular complexity index is 912. The number of likely N-dealkylation sites (N-methyl/N-ethyl adjacent to an activating group) is 1. The SMILES string of the molecule is CC1Cc2c(c3cc(Cl)ccc3n2CCc2ccc(Cl)cc2)CN1C. The molecular formula is C21H22Cl2N2. The summed E-state index contributed by atoms with van der Waals surface area (Å²) in [7, 11) is 2.20. The third kappa shape index (κ3) is 3.19. The van der Waals surface area contributed by atoms with E-state index in [1.165, 1.54) is 27.7 Å². The second-order valence-corrected chi connectivity index (χ2v) is 7.96. The van der Waals surface area contributed by atoms with Gasteiger partial charge in [-0.05, 0) is 61.9 Å². The Morgan fingerprint density at radius 1 is 1.04 bits per heavy atom. The van der Waals surface area contributed by atoms with Crippen molar-refractivity contribution in [2.24, 2.45) is 0 Å². The molecule has 0 saturated carbocycles. The van der Waals surface area contributed by atoms with Crippen LogP contribution in [0.2, 0.25) is 10.0 Å². The van der Waals surface area contributed by atoms with Crippen molar-refractivity contribution in [3.8, 4) is 0 Å².